The zero-order valence-electron chi connectivity index (χ0n) is 11.0. The summed E-state index contributed by atoms with van der Waals surface area (Å²) in [5.41, 5.74) is 2.78. The second kappa shape index (κ2) is 4.44. The summed E-state index contributed by atoms with van der Waals surface area (Å²) in [6, 6.07) is 6.70. The van der Waals surface area contributed by atoms with E-state index in [9.17, 15) is 9.90 Å². The molecule has 0 aliphatic rings. The number of hydrogen-bond donors (Lipinski definition) is 3. The summed E-state index contributed by atoms with van der Waals surface area (Å²) < 4.78 is 0. The Labute approximate surface area is 127 Å². The molecular formula is C15H8N4O2S. The molecule has 0 fully saturated rings. The van der Waals surface area contributed by atoms with Crippen LogP contribution in [0, 0.1) is 11.3 Å². The number of rotatable bonds is 1. The van der Waals surface area contributed by atoms with E-state index in [-0.39, 0.29) is 22.6 Å². The van der Waals surface area contributed by atoms with E-state index in [1.54, 1.807) is 12.1 Å². The lowest BCUT2D eigenvalue weighted by molar-refractivity contribution is 0.474. The van der Waals surface area contributed by atoms with Crippen LogP contribution in [0.4, 0.5) is 0 Å². The number of aromatic amines is 2. The number of hydrogen-bond acceptors (Lipinski definition) is 5. The number of nitrogens with zero attached hydrogens (tertiary/aromatic N) is 2. The van der Waals surface area contributed by atoms with Crippen LogP contribution in [0.15, 0.2) is 33.8 Å². The highest BCUT2D eigenvalue weighted by molar-refractivity contribution is 7.09. The predicted molar refractivity (Wildman–Crippen MR) is 83.9 cm³/mol. The van der Waals surface area contributed by atoms with Crippen molar-refractivity contribution in [3.63, 3.8) is 0 Å². The molecule has 0 spiro atoms. The van der Waals surface area contributed by atoms with Crippen LogP contribution in [0.1, 0.15) is 5.56 Å². The number of aromatic nitrogens is 3. The summed E-state index contributed by atoms with van der Waals surface area (Å²) in [6.07, 6.45) is 0. The number of benzene rings is 1. The Kier molecular flexibility index (Phi) is 2.55. The molecule has 0 radical (unpaired) electrons. The molecule has 0 amide bonds. The summed E-state index contributed by atoms with van der Waals surface area (Å²) in [5, 5.41) is 23.1. The highest BCUT2D eigenvalue weighted by Crippen LogP contribution is 2.28. The van der Waals surface area contributed by atoms with Gasteiger partial charge < -0.3 is 15.1 Å². The second-order valence-electron chi connectivity index (χ2n) is 4.84. The number of nitriles is 1. The average Bonchev–Trinajstić information content (AvgIpc) is 3.10. The molecule has 106 valence electrons. The monoisotopic (exact) mass is 308 g/mol. The third-order valence-corrected chi connectivity index (χ3v) is 4.18. The van der Waals surface area contributed by atoms with Crippen molar-refractivity contribution in [3.05, 3.63) is 44.9 Å². The number of fused-ring (bicyclic) bond motifs is 2. The van der Waals surface area contributed by atoms with E-state index < -0.39 is 0 Å². The van der Waals surface area contributed by atoms with Crippen LogP contribution in [0.3, 0.4) is 0 Å². The Bertz CT molecular complexity index is 1130. The molecule has 0 bridgehead atoms. The molecule has 22 heavy (non-hydrogen) atoms. The Morgan fingerprint density at radius 1 is 1.18 bits per heavy atom. The van der Waals surface area contributed by atoms with Crippen LogP contribution in [-0.4, -0.2) is 20.1 Å². The number of phenols is 1. The molecule has 0 aliphatic heterocycles. The molecule has 4 aromatic rings. The number of phenolic OH excluding ortho intramolecular Hbond substituents is 1. The van der Waals surface area contributed by atoms with Gasteiger partial charge in [-0.2, -0.15) is 5.26 Å². The highest BCUT2D eigenvalue weighted by Gasteiger charge is 2.12. The predicted octanol–water partition coefficient (Wildman–Crippen LogP) is 2.71. The van der Waals surface area contributed by atoms with Crippen LogP contribution in [0.25, 0.3) is 33.3 Å². The standard InChI is InChI=1S/C15H8N4O2S/c16-4-8-1-7-2-10(17-9(7)3-13(8)20)14-15(21)19-12-6-22-5-11(12)18-14/h1-3,5-6,17,20H,(H,19,21). The van der Waals surface area contributed by atoms with E-state index in [2.05, 4.69) is 15.0 Å². The molecule has 0 unspecified atom stereocenters. The fraction of sp³-hybridized carbons (Fsp3) is 0. The molecule has 3 N–H and O–H groups in total. The van der Waals surface area contributed by atoms with Gasteiger partial charge in [-0.1, -0.05) is 0 Å². The molecule has 3 aromatic heterocycles. The lowest BCUT2D eigenvalue weighted by atomic mass is 10.1. The van der Waals surface area contributed by atoms with Crippen molar-refractivity contribution in [2.24, 2.45) is 0 Å². The number of aromatic hydroxyl groups is 1. The van der Waals surface area contributed by atoms with E-state index in [0.717, 1.165) is 10.9 Å². The first kappa shape index (κ1) is 12.6. The van der Waals surface area contributed by atoms with Gasteiger partial charge in [-0.05, 0) is 12.1 Å². The van der Waals surface area contributed by atoms with Crippen LogP contribution < -0.4 is 5.56 Å². The van der Waals surface area contributed by atoms with Gasteiger partial charge in [-0.25, -0.2) is 4.98 Å². The lowest BCUT2D eigenvalue weighted by Crippen LogP contribution is -2.10. The van der Waals surface area contributed by atoms with Gasteiger partial charge in [0.25, 0.3) is 5.56 Å². The summed E-state index contributed by atoms with van der Waals surface area (Å²) in [7, 11) is 0. The molecule has 6 nitrogen and oxygen atoms in total. The molecule has 1 aromatic carbocycles. The minimum Gasteiger partial charge on any atom is -0.506 e. The lowest BCUT2D eigenvalue weighted by Gasteiger charge is -1.97. The van der Waals surface area contributed by atoms with E-state index in [1.807, 2.05) is 16.8 Å². The van der Waals surface area contributed by atoms with Gasteiger partial charge in [0.15, 0.2) is 5.69 Å². The van der Waals surface area contributed by atoms with Crippen molar-refractivity contribution in [2.75, 3.05) is 0 Å². The molecular weight excluding hydrogens is 300 g/mol. The third kappa shape index (κ3) is 1.78. The van der Waals surface area contributed by atoms with Gasteiger partial charge in [0.1, 0.15) is 11.8 Å². The Morgan fingerprint density at radius 3 is 2.86 bits per heavy atom. The van der Waals surface area contributed by atoms with Gasteiger partial charge in [0.05, 0.1) is 22.3 Å². The topological polar surface area (TPSA) is 106 Å². The van der Waals surface area contributed by atoms with Gasteiger partial charge in [0, 0.05) is 27.7 Å². The van der Waals surface area contributed by atoms with Gasteiger partial charge in [0.2, 0.25) is 0 Å². The number of H-pyrrole nitrogens is 2. The van der Waals surface area contributed by atoms with E-state index in [0.29, 0.717) is 16.7 Å². The molecule has 7 heteroatoms. The van der Waals surface area contributed by atoms with Crippen LogP contribution >= 0.6 is 11.3 Å². The Balaban J connectivity index is 1.98. The molecule has 0 atom stereocenters. The minimum absolute atomic E-state index is 0.0986. The highest BCUT2D eigenvalue weighted by atomic mass is 32.1. The Hall–Kier alpha value is -3.11. The maximum Gasteiger partial charge on any atom is 0.276 e. The normalized spacial score (nSPS) is 11.0. The second-order valence-corrected chi connectivity index (χ2v) is 5.58. The number of nitrogens with one attached hydrogen (secondary N) is 2. The van der Waals surface area contributed by atoms with Crippen molar-refractivity contribution < 1.29 is 5.11 Å². The van der Waals surface area contributed by atoms with Crippen molar-refractivity contribution in [1.82, 2.24) is 15.0 Å². The molecule has 4 rings (SSSR count). The average molecular weight is 308 g/mol. The van der Waals surface area contributed by atoms with Crippen molar-refractivity contribution in [1.29, 1.82) is 5.26 Å². The van der Waals surface area contributed by atoms with Crippen LogP contribution in [0.2, 0.25) is 0 Å². The van der Waals surface area contributed by atoms with E-state index in [4.69, 9.17) is 5.26 Å². The van der Waals surface area contributed by atoms with Crippen molar-refractivity contribution >= 4 is 33.3 Å². The SMILES string of the molecule is N#Cc1cc2cc(-c3nc4cscc4[nH]c3=O)[nH]c2cc1O. The zero-order valence-corrected chi connectivity index (χ0v) is 11.9. The van der Waals surface area contributed by atoms with E-state index in [1.165, 1.54) is 17.4 Å². The fourth-order valence-electron chi connectivity index (χ4n) is 2.39. The van der Waals surface area contributed by atoms with Gasteiger partial charge in [-0.15, -0.1) is 11.3 Å². The third-order valence-electron chi connectivity index (χ3n) is 3.45. The van der Waals surface area contributed by atoms with Crippen molar-refractivity contribution in [2.45, 2.75) is 0 Å². The summed E-state index contributed by atoms with van der Waals surface area (Å²) in [6.45, 7) is 0. The first-order valence-corrected chi connectivity index (χ1v) is 7.32. The molecule has 0 saturated carbocycles. The Morgan fingerprint density at radius 2 is 2.05 bits per heavy atom. The minimum atomic E-state index is -0.290. The number of thiophene rings is 1. The largest absolute Gasteiger partial charge is 0.506 e. The zero-order chi connectivity index (χ0) is 15.3. The molecule has 0 aliphatic carbocycles. The van der Waals surface area contributed by atoms with Crippen molar-refractivity contribution in [3.8, 4) is 23.2 Å². The van der Waals surface area contributed by atoms with E-state index >= 15 is 0 Å². The first-order chi connectivity index (χ1) is 10.7. The van der Waals surface area contributed by atoms with Gasteiger partial charge in [-0.3, -0.25) is 4.79 Å². The van der Waals surface area contributed by atoms with Gasteiger partial charge >= 0.3 is 0 Å². The first-order valence-electron chi connectivity index (χ1n) is 6.38. The summed E-state index contributed by atoms with van der Waals surface area (Å²) in [4.78, 5) is 22.4. The maximum absolute atomic E-state index is 12.2. The van der Waals surface area contributed by atoms with Crippen LogP contribution in [0.5, 0.6) is 5.75 Å². The van der Waals surface area contributed by atoms with Crippen LogP contribution in [-0.2, 0) is 0 Å². The smallest absolute Gasteiger partial charge is 0.276 e. The summed E-state index contributed by atoms with van der Waals surface area (Å²) >= 11 is 1.47. The maximum atomic E-state index is 12.2. The fourth-order valence-corrected chi connectivity index (χ4v) is 3.08. The molecule has 0 saturated heterocycles. The summed E-state index contributed by atoms with van der Waals surface area (Å²) in [5.74, 6) is -0.0986. The molecule has 3 heterocycles. The quantitative estimate of drug-likeness (QED) is 0.502.